The summed E-state index contributed by atoms with van der Waals surface area (Å²) in [5.74, 6) is 0.115. The van der Waals surface area contributed by atoms with Crippen molar-refractivity contribution in [1.82, 2.24) is 9.88 Å². The zero-order valence-electron chi connectivity index (χ0n) is 10.2. The molecule has 2 aromatic rings. The van der Waals surface area contributed by atoms with Gasteiger partial charge >= 0.3 is 0 Å². The predicted octanol–water partition coefficient (Wildman–Crippen LogP) is 2.46. The van der Waals surface area contributed by atoms with Crippen molar-refractivity contribution in [1.29, 1.82) is 0 Å². The van der Waals surface area contributed by atoms with E-state index in [0.717, 1.165) is 41.1 Å². The minimum atomic E-state index is 0.115. The van der Waals surface area contributed by atoms with Gasteiger partial charge in [0, 0.05) is 48.0 Å². The second-order valence-corrected chi connectivity index (χ2v) is 6.56. The Hall–Kier alpha value is -1.05. The summed E-state index contributed by atoms with van der Waals surface area (Å²) in [6, 6.07) is 1.84. The fourth-order valence-corrected chi connectivity index (χ4v) is 3.88. The Kier molecular flexibility index (Phi) is 3.76. The van der Waals surface area contributed by atoms with Gasteiger partial charge in [0.25, 0.3) is 5.91 Å². The largest absolute Gasteiger partial charge is 0.345 e. The van der Waals surface area contributed by atoms with Gasteiger partial charge in [-0.25, -0.2) is 4.98 Å². The number of aromatic nitrogens is 1. The minimum Gasteiger partial charge on any atom is -0.345 e. The van der Waals surface area contributed by atoms with Crippen molar-refractivity contribution in [3.63, 3.8) is 0 Å². The maximum Gasteiger partial charge on any atom is 0.264 e. The SMILES string of the molecule is O=C(c1cc(S)cs1)N1CCN(c2nccs2)CC1. The summed E-state index contributed by atoms with van der Waals surface area (Å²) in [6.07, 6.45) is 1.82. The van der Waals surface area contributed by atoms with E-state index >= 15 is 0 Å². The normalized spacial score (nSPS) is 15.8. The van der Waals surface area contributed by atoms with Crippen LogP contribution in [-0.2, 0) is 0 Å². The number of piperazine rings is 1. The van der Waals surface area contributed by atoms with Crippen LogP contribution < -0.4 is 4.90 Å². The third kappa shape index (κ3) is 2.77. The molecule has 3 rings (SSSR count). The molecule has 0 atom stereocenters. The van der Waals surface area contributed by atoms with E-state index in [4.69, 9.17) is 0 Å². The molecule has 0 bridgehead atoms. The first kappa shape index (κ1) is 13.0. The van der Waals surface area contributed by atoms with Crippen LogP contribution in [0.1, 0.15) is 9.67 Å². The number of rotatable bonds is 2. The van der Waals surface area contributed by atoms with Crippen LogP contribution in [0.2, 0.25) is 0 Å². The van der Waals surface area contributed by atoms with Crippen molar-refractivity contribution >= 4 is 46.3 Å². The van der Waals surface area contributed by atoms with Crippen molar-refractivity contribution < 1.29 is 4.79 Å². The highest BCUT2D eigenvalue weighted by atomic mass is 32.1. The van der Waals surface area contributed by atoms with Gasteiger partial charge in [-0.2, -0.15) is 0 Å². The maximum atomic E-state index is 12.3. The molecule has 7 heteroatoms. The minimum absolute atomic E-state index is 0.115. The number of anilines is 1. The monoisotopic (exact) mass is 311 g/mol. The third-order valence-electron chi connectivity index (χ3n) is 3.05. The van der Waals surface area contributed by atoms with Gasteiger partial charge in [0.2, 0.25) is 0 Å². The average Bonchev–Trinajstić information content (AvgIpc) is 3.09. The van der Waals surface area contributed by atoms with E-state index in [1.165, 1.54) is 11.3 Å². The molecular formula is C12H13N3OS3. The van der Waals surface area contributed by atoms with E-state index in [0.29, 0.717) is 0 Å². The summed E-state index contributed by atoms with van der Waals surface area (Å²) in [5.41, 5.74) is 0. The summed E-state index contributed by atoms with van der Waals surface area (Å²) >= 11 is 7.34. The lowest BCUT2D eigenvalue weighted by Crippen LogP contribution is -2.48. The molecule has 2 aromatic heterocycles. The van der Waals surface area contributed by atoms with E-state index in [2.05, 4.69) is 22.5 Å². The number of carbonyl (C=O) groups excluding carboxylic acids is 1. The standard InChI is InChI=1S/C12H13N3OS3/c16-11(10-7-9(17)8-19-10)14-2-4-15(5-3-14)12-13-1-6-18-12/h1,6-8,17H,2-5H2. The topological polar surface area (TPSA) is 36.4 Å². The van der Waals surface area contributed by atoms with E-state index < -0.39 is 0 Å². The van der Waals surface area contributed by atoms with Gasteiger partial charge in [-0.05, 0) is 6.07 Å². The quantitative estimate of drug-likeness (QED) is 0.866. The molecule has 0 spiro atoms. The van der Waals surface area contributed by atoms with Gasteiger partial charge in [0.05, 0.1) is 4.88 Å². The van der Waals surface area contributed by atoms with Crippen LogP contribution in [0.4, 0.5) is 5.13 Å². The van der Waals surface area contributed by atoms with Gasteiger partial charge in [-0.3, -0.25) is 4.79 Å². The Bertz CT molecular complexity index is 559. The second-order valence-electron chi connectivity index (χ2n) is 4.26. The van der Waals surface area contributed by atoms with Gasteiger partial charge in [0.15, 0.2) is 5.13 Å². The van der Waals surface area contributed by atoms with Crippen molar-refractivity contribution in [2.24, 2.45) is 0 Å². The molecule has 0 N–H and O–H groups in total. The number of hydrogen-bond donors (Lipinski definition) is 1. The van der Waals surface area contributed by atoms with Gasteiger partial charge in [-0.1, -0.05) is 0 Å². The zero-order chi connectivity index (χ0) is 13.2. The molecule has 1 aliphatic heterocycles. The van der Waals surface area contributed by atoms with Crippen molar-refractivity contribution in [2.75, 3.05) is 31.1 Å². The van der Waals surface area contributed by atoms with E-state index in [-0.39, 0.29) is 5.91 Å². The molecule has 1 saturated heterocycles. The second kappa shape index (κ2) is 5.52. The highest BCUT2D eigenvalue weighted by molar-refractivity contribution is 7.80. The van der Waals surface area contributed by atoms with Crippen LogP contribution in [-0.4, -0.2) is 42.0 Å². The lowest BCUT2D eigenvalue weighted by Gasteiger charge is -2.34. The Morgan fingerprint density at radius 2 is 2.05 bits per heavy atom. The number of thiol groups is 1. The van der Waals surface area contributed by atoms with Gasteiger partial charge in [0.1, 0.15) is 0 Å². The van der Waals surface area contributed by atoms with E-state index in [1.807, 2.05) is 27.9 Å². The van der Waals surface area contributed by atoms with Crippen molar-refractivity contribution in [2.45, 2.75) is 4.90 Å². The molecule has 0 aromatic carbocycles. The van der Waals surface area contributed by atoms with Crippen LogP contribution in [0.15, 0.2) is 27.9 Å². The lowest BCUT2D eigenvalue weighted by molar-refractivity contribution is 0.0751. The lowest BCUT2D eigenvalue weighted by atomic mass is 10.3. The molecule has 100 valence electrons. The van der Waals surface area contributed by atoms with Crippen molar-refractivity contribution in [3.05, 3.63) is 27.9 Å². The predicted molar refractivity (Wildman–Crippen MR) is 81.8 cm³/mol. The Morgan fingerprint density at radius 3 is 2.63 bits per heavy atom. The highest BCUT2D eigenvalue weighted by Gasteiger charge is 2.23. The van der Waals surface area contributed by atoms with Crippen LogP contribution in [0.25, 0.3) is 0 Å². The molecule has 4 nitrogen and oxygen atoms in total. The van der Waals surface area contributed by atoms with Gasteiger partial charge in [-0.15, -0.1) is 35.3 Å². The smallest absolute Gasteiger partial charge is 0.264 e. The van der Waals surface area contributed by atoms with E-state index in [1.54, 1.807) is 11.3 Å². The molecule has 0 aliphatic carbocycles. The number of carbonyl (C=O) groups is 1. The molecule has 19 heavy (non-hydrogen) atoms. The molecule has 1 aliphatic rings. The molecule has 1 fully saturated rings. The number of hydrogen-bond acceptors (Lipinski definition) is 6. The van der Waals surface area contributed by atoms with Gasteiger partial charge < -0.3 is 9.80 Å². The first-order chi connectivity index (χ1) is 9.24. The molecule has 0 radical (unpaired) electrons. The zero-order valence-corrected chi connectivity index (χ0v) is 12.7. The molecule has 1 amide bonds. The summed E-state index contributed by atoms with van der Waals surface area (Å²) in [6.45, 7) is 3.19. The Morgan fingerprint density at radius 1 is 1.26 bits per heavy atom. The molecule has 3 heterocycles. The fraction of sp³-hybridized carbons (Fsp3) is 0.333. The van der Waals surface area contributed by atoms with Crippen LogP contribution >= 0.6 is 35.3 Å². The highest BCUT2D eigenvalue weighted by Crippen LogP contribution is 2.22. The maximum absolute atomic E-state index is 12.3. The van der Waals surface area contributed by atoms with Crippen LogP contribution in [0, 0.1) is 0 Å². The first-order valence-corrected chi connectivity index (χ1v) is 8.16. The number of thiazole rings is 1. The molecule has 0 saturated carbocycles. The van der Waals surface area contributed by atoms with Crippen LogP contribution in [0.3, 0.4) is 0 Å². The third-order valence-corrected chi connectivity index (χ3v) is 5.24. The van der Waals surface area contributed by atoms with E-state index in [9.17, 15) is 4.79 Å². The number of amides is 1. The Balaban J connectivity index is 1.62. The summed E-state index contributed by atoms with van der Waals surface area (Å²) in [5, 5.41) is 4.91. The molecule has 0 unspecified atom stereocenters. The number of nitrogens with zero attached hydrogens (tertiary/aromatic N) is 3. The van der Waals surface area contributed by atoms with Crippen LogP contribution in [0.5, 0.6) is 0 Å². The first-order valence-electron chi connectivity index (χ1n) is 5.95. The Labute approximate surface area is 125 Å². The van der Waals surface area contributed by atoms with Crippen molar-refractivity contribution in [3.8, 4) is 0 Å². The average molecular weight is 311 g/mol. The fourth-order valence-electron chi connectivity index (χ4n) is 2.07. The summed E-state index contributed by atoms with van der Waals surface area (Å²) < 4.78 is 0. The molecular weight excluding hydrogens is 298 g/mol. The summed E-state index contributed by atoms with van der Waals surface area (Å²) in [7, 11) is 0. The number of thiophene rings is 1. The summed E-state index contributed by atoms with van der Waals surface area (Å²) in [4.78, 5) is 22.3.